The SMILES string of the molecule is CN(C)C=Nc1nc(=O)n(C(=O)c2cccs2)cc1F. The maximum atomic E-state index is 13.8. The van der Waals surface area contributed by atoms with Gasteiger partial charge in [-0.1, -0.05) is 6.07 Å². The minimum absolute atomic E-state index is 0.331. The van der Waals surface area contributed by atoms with Crippen molar-refractivity contribution >= 4 is 29.4 Å². The molecule has 2 aromatic rings. The van der Waals surface area contributed by atoms with Crippen LogP contribution in [0, 0.1) is 5.82 Å². The molecule has 8 heteroatoms. The lowest BCUT2D eigenvalue weighted by Gasteiger charge is -2.04. The van der Waals surface area contributed by atoms with Crippen LogP contribution in [0.3, 0.4) is 0 Å². The van der Waals surface area contributed by atoms with Crippen molar-refractivity contribution in [2.75, 3.05) is 14.1 Å². The summed E-state index contributed by atoms with van der Waals surface area (Å²) in [6, 6.07) is 3.22. The highest BCUT2D eigenvalue weighted by Crippen LogP contribution is 2.13. The minimum Gasteiger partial charge on any atom is -0.369 e. The number of hydrogen-bond donors (Lipinski definition) is 0. The average Bonchev–Trinajstić information content (AvgIpc) is 2.92. The van der Waals surface area contributed by atoms with Gasteiger partial charge in [-0.25, -0.2) is 18.7 Å². The summed E-state index contributed by atoms with van der Waals surface area (Å²) in [5, 5.41) is 1.69. The van der Waals surface area contributed by atoms with Crippen LogP contribution in [0.1, 0.15) is 9.67 Å². The van der Waals surface area contributed by atoms with Crippen LogP contribution in [0.25, 0.3) is 0 Å². The molecule has 0 atom stereocenters. The molecule has 2 rings (SSSR count). The molecular formula is C12H11FN4O2S. The first-order valence-electron chi connectivity index (χ1n) is 5.57. The van der Waals surface area contributed by atoms with Gasteiger partial charge in [0.15, 0.2) is 11.6 Å². The lowest BCUT2D eigenvalue weighted by Crippen LogP contribution is -2.29. The van der Waals surface area contributed by atoms with Gasteiger partial charge in [0.05, 0.1) is 17.4 Å². The molecule has 0 saturated heterocycles. The Morgan fingerprint density at radius 1 is 1.55 bits per heavy atom. The summed E-state index contributed by atoms with van der Waals surface area (Å²) < 4.78 is 14.4. The Morgan fingerprint density at radius 3 is 2.90 bits per heavy atom. The van der Waals surface area contributed by atoms with E-state index in [1.165, 1.54) is 6.34 Å². The fourth-order valence-electron chi connectivity index (χ4n) is 1.35. The zero-order chi connectivity index (χ0) is 14.7. The van der Waals surface area contributed by atoms with Crippen molar-refractivity contribution in [2.45, 2.75) is 0 Å². The van der Waals surface area contributed by atoms with E-state index in [0.717, 1.165) is 17.5 Å². The molecule has 0 aliphatic rings. The van der Waals surface area contributed by atoms with E-state index in [2.05, 4.69) is 9.98 Å². The van der Waals surface area contributed by atoms with Crippen molar-refractivity contribution < 1.29 is 9.18 Å². The summed E-state index contributed by atoms with van der Waals surface area (Å²) in [5.74, 6) is -1.80. The molecule has 0 bridgehead atoms. The first-order chi connectivity index (χ1) is 9.49. The van der Waals surface area contributed by atoms with Crippen LogP contribution in [-0.2, 0) is 0 Å². The summed E-state index contributed by atoms with van der Waals surface area (Å²) in [5.41, 5.74) is -0.865. The second-order valence-corrected chi connectivity index (χ2v) is 5.00. The third kappa shape index (κ3) is 2.97. The standard InChI is InChI=1S/C12H11FN4O2S/c1-16(2)7-14-10-8(13)6-17(12(19)15-10)11(18)9-4-3-5-20-9/h3-7H,1-2H3. The van der Waals surface area contributed by atoms with Crippen LogP contribution < -0.4 is 5.69 Å². The van der Waals surface area contributed by atoms with Gasteiger partial charge < -0.3 is 4.90 Å². The molecule has 0 unspecified atom stereocenters. The van der Waals surface area contributed by atoms with Crippen molar-refractivity contribution in [2.24, 2.45) is 4.99 Å². The molecule has 104 valence electrons. The Hall–Kier alpha value is -2.35. The molecule has 2 aromatic heterocycles. The fraction of sp³-hybridized carbons (Fsp3) is 0.167. The van der Waals surface area contributed by atoms with E-state index in [1.54, 1.807) is 36.5 Å². The second kappa shape index (κ2) is 5.74. The van der Waals surface area contributed by atoms with E-state index in [0.29, 0.717) is 9.44 Å². The van der Waals surface area contributed by atoms with Gasteiger partial charge in [0.1, 0.15) is 0 Å². The smallest absolute Gasteiger partial charge is 0.356 e. The fourth-order valence-corrected chi connectivity index (χ4v) is 2.01. The largest absolute Gasteiger partial charge is 0.369 e. The molecule has 0 aliphatic carbocycles. The maximum Gasteiger partial charge on any atom is 0.356 e. The molecule has 0 aromatic carbocycles. The normalized spacial score (nSPS) is 10.9. The Balaban J connectivity index is 2.41. The highest BCUT2D eigenvalue weighted by atomic mass is 32.1. The quantitative estimate of drug-likeness (QED) is 0.633. The highest BCUT2D eigenvalue weighted by molar-refractivity contribution is 7.12. The predicted octanol–water partition coefficient (Wildman–Crippen LogP) is 1.35. The van der Waals surface area contributed by atoms with E-state index < -0.39 is 17.4 Å². The van der Waals surface area contributed by atoms with Gasteiger partial charge in [0, 0.05) is 14.1 Å². The molecule has 0 aliphatic heterocycles. The number of halogens is 1. The zero-order valence-electron chi connectivity index (χ0n) is 10.8. The van der Waals surface area contributed by atoms with Crippen LogP contribution in [0.5, 0.6) is 0 Å². The number of nitrogens with zero attached hydrogens (tertiary/aromatic N) is 4. The van der Waals surface area contributed by atoms with E-state index in [4.69, 9.17) is 0 Å². The Kier molecular flexibility index (Phi) is 4.04. The van der Waals surface area contributed by atoms with E-state index >= 15 is 0 Å². The van der Waals surface area contributed by atoms with E-state index in [9.17, 15) is 14.0 Å². The second-order valence-electron chi connectivity index (χ2n) is 4.06. The molecular weight excluding hydrogens is 283 g/mol. The summed E-state index contributed by atoms with van der Waals surface area (Å²) >= 11 is 1.16. The van der Waals surface area contributed by atoms with Crippen LogP contribution in [-0.4, -0.2) is 40.8 Å². The predicted molar refractivity (Wildman–Crippen MR) is 74.3 cm³/mol. The lowest BCUT2D eigenvalue weighted by atomic mass is 10.4. The van der Waals surface area contributed by atoms with Gasteiger partial charge in [0.2, 0.25) is 0 Å². The molecule has 0 amide bonds. The summed E-state index contributed by atoms with van der Waals surface area (Å²) in [6.07, 6.45) is 2.12. The molecule has 0 fully saturated rings. The van der Waals surface area contributed by atoms with Crippen LogP contribution in [0.4, 0.5) is 10.2 Å². The average molecular weight is 294 g/mol. The van der Waals surface area contributed by atoms with Gasteiger partial charge in [-0.2, -0.15) is 4.98 Å². The number of carbonyl (C=O) groups is 1. The van der Waals surface area contributed by atoms with Crippen molar-refractivity contribution in [3.05, 3.63) is 44.9 Å². The molecule has 0 spiro atoms. The summed E-state index contributed by atoms with van der Waals surface area (Å²) in [6.45, 7) is 0. The highest BCUT2D eigenvalue weighted by Gasteiger charge is 2.15. The third-order valence-electron chi connectivity index (χ3n) is 2.23. The van der Waals surface area contributed by atoms with Crippen molar-refractivity contribution in [1.29, 1.82) is 0 Å². The maximum absolute atomic E-state index is 13.8. The third-order valence-corrected chi connectivity index (χ3v) is 3.08. The monoisotopic (exact) mass is 294 g/mol. The van der Waals surface area contributed by atoms with Crippen molar-refractivity contribution in [1.82, 2.24) is 14.5 Å². The first-order valence-corrected chi connectivity index (χ1v) is 6.45. The number of thiophene rings is 1. The first kappa shape index (κ1) is 14.1. The Bertz CT molecular complexity index is 707. The minimum atomic E-state index is -0.865. The molecule has 2 heterocycles. The van der Waals surface area contributed by atoms with Crippen LogP contribution >= 0.6 is 11.3 Å². The van der Waals surface area contributed by atoms with E-state index in [1.807, 2.05) is 0 Å². The molecule has 0 radical (unpaired) electrons. The number of rotatable bonds is 3. The van der Waals surface area contributed by atoms with Crippen molar-refractivity contribution in [3.8, 4) is 0 Å². The number of aromatic nitrogens is 2. The summed E-state index contributed by atoms with van der Waals surface area (Å²) in [7, 11) is 3.39. The molecule has 0 N–H and O–H groups in total. The van der Waals surface area contributed by atoms with Gasteiger partial charge in [-0.15, -0.1) is 11.3 Å². The Morgan fingerprint density at radius 2 is 2.30 bits per heavy atom. The lowest BCUT2D eigenvalue weighted by molar-refractivity contribution is 0.0957. The molecule has 20 heavy (non-hydrogen) atoms. The summed E-state index contributed by atoms with van der Waals surface area (Å²) in [4.78, 5) is 32.8. The van der Waals surface area contributed by atoms with Gasteiger partial charge in [0.25, 0.3) is 5.91 Å². The molecule has 6 nitrogen and oxygen atoms in total. The number of carbonyl (C=O) groups excluding carboxylic acids is 1. The van der Waals surface area contributed by atoms with Gasteiger partial charge in [-0.3, -0.25) is 4.79 Å². The topological polar surface area (TPSA) is 67.6 Å². The van der Waals surface area contributed by atoms with Gasteiger partial charge in [-0.05, 0) is 11.4 Å². The Labute approximate surface area is 117 Å². The van der Waals surface area contributed by atoms with Crippen LogP contribution in [0.2, 0.25) is 0 Å². The number of hydrogen-bond acceptors (Lipinski definition) is 5. The van der Waals surface area contributed by atoms with Gasteiger partial charge >= 0.3 is 5.69 Å². The number of aliphatic imine (C=N–C) groups is 1. The van der Waals surface area contributed by atoms with Crippen LogP contribution in [0.15, 0.2) is 33.5 Å². The van der Waals surface area contributed by atoms with E-state index in [-0.39, 0.29) is 5.82 Å². The molecule has 0 saturated carbocycles. The zero-order valence-corrected chi connectivity index (χ0v) is 11.6. The van der Waals surface area contributed by atoms with Crippen molar-refractivity contribution in [3.63, 3.8) is 0 Å².